The zero-order valence-electron chi connectivity index (χ0n) is 7.42. The summed E-state index contributed by atoms with van der Waals surface area (Å²) in [5.74, 6) is -0.389. The SMILES string of the molecule is Fc1c(Br)cc(Cl)cc1-c1cnccn1. The van der Waals surface area contributed by atoms with Crippen molar-refractivity contribution in [3.8, 4) is 11.3 Å². The number of rotatable bonds is 1. The third kappa shape index (κ3) is 2.16. The van der Waals surface area contributed by atoms with Gasteiger partial charge in [-0.25, -0.2) is 4.39 Å². The minimum atomic E-state index is -0.389. The highest BCUT2D eigenvalue weighted by atomic mass is 79.9. The zero-order chi connectivity index (χ0) is 10.8. The van der Waals surface area contributed by atoms with Crippen LogP contribution in [0.15, 0.2) is 35.2 Å². The average Bonchev–Trinajstić information content (AvgIpc) is 2.24. The Kier molecular flexibility index (Phi) is 2.98. The van der Waals surface area contributed by atoms with Crippen LogP contribution in [-0.4, -0.2) is 9.97 Å². The fourth-order valence-corrected chi connectivity index (χ4v) is 1.99. The highest BCUT2D eigenvalue weighted by Gasteiger charge is 2.11. The maximum atomic E-state index is 13.7. The summed E-state index contributed by atoms with van der Waals surface area (Å²) in [5.41, 5.74) is 0.792. The molecule has 0 atom stereocenters. The van der Waals surface area contributed by atoms with Crippen molar-refractivity contribution in [2.24, 2.45) is 0 Å². The number of hydrogen-bond donors (Lipinski definition) is 0. The van der Waals surface area contributed by atoms with Crippen LogP contribution in [0.5, 0.6) is 0 Å². The van der Waals surface area contributed by atoms with Gasteiger partial charge in [-0.2, -0.15) is 0 Å². The van der Waals surface area contributed by atoms with E-state index in [1.165, 1.54) is 30.7 Å². The lowest BCUT2D eigenvalue weighted by Gasteiger charge is -2.04. The molecule has 2 nitrogen and oxygen atoms in total. The quantitative estimate of drug-likeness (QED) is 0.747. The molecule has 2 aromatic rings. The van der Waals surface area contributed by atoms with Crippen LogP contribution in [0.3, 0.4) is 0 Å². The lowest BCUT2D eigenvalue weighted by molar-refractivity contribution is 0.624. The third-order valence-electron chi connectivity index (χ3n) is 1.83. The molecular formula is C10H5BrClFN2. The normalized spacial score (nSPS) is 10.3. The largest absolute Gasteiger partial charge is 0.261 e. The maximum absolute atomic E-state index is 13.7. The van der Waals surface area contributed by atoms with Gasteiger partial charge in [0.2, 0.25) is 0 Å². The molecule has 0 N–H and O–H groups in total. The van der Waals surface area contributed by atoms with Crippen LogP contribution in [0, 0.1) is 5.82 Å². The second-order valence-electron chi connectivity index (χ2n) is 2.84. The first kappa shape index (κ1) is 10.5. The Morgan fingerprint density at radius 3 is 2.73 bits per heavy atom. The molecule has 0 aliphatic rings. The highest BCUT2D eigenvalue weighted by Crippen LogP contribution is 2.29. The summed E-state index contributed by atoms with van der Waals surface area (Å²) < 4.78 is 14.0. The van der Waals surface area contributed by atoms with Crippen LogP contribution in [0.25, 0.3) is 11.3 Å². The van der Waals surface area contributed by atoms with Gasteiger partial charge < -0.3 is 0 Å². The Morgan fingerprint density at radius 2 is 2.07 bits per heavy atom. The lowest BCUT2D eigenvalue weighted by Crippen LogP contribution is -1.90. The molecule has 1 aromatic heterocycles. The predicted octanol–water partition coefficient (Wildman–Crippen LogP) is 3.70. The molecule has 5 heteroatoms. The van der Waals surface area contributed by atoms with Gasteiger partial charge in [0.05, 0.1) is 16.4 Å². The summed E-state index contributed by atoms with van der Waals surface area (Å²) in [4.78, 5) is 7.88. The maximum Gasteiger partial charge on any atom is 0.146 e. The van der Waals surface area contributed by atoms with Crippen molar-refractivity contribution in [2.45, 2.75) is 0 Å². The van der Waals surface area contributed by atoms with E-state index in [1.54, 1.807) is 0 Å². The highest BCUT2D eigenvalue weighted by molar-refractivity contribution is 9.10. The van der Waals surface area contributed by atoms with Crippen molar-refractivity contribution < 1.29 is 4.39 Å². The van der Waals surface area contributed by atoms with E-state index in [4.69, 9.17) is 11.6 Å². The molecule has 0 aliphatic heterocycles. The Hall–Kier alpha value is -1.00. The van der Waals surface area contributed by atoms with Gasteiger partial charge in [-0.1, -0.05) is 11.6 Å². The monoisotopic (exact) mass is 286 g/mol. The van der Waals surface area contributed by atoms with Crippen LogP contribution >= 0.6 is 27.5 Å². The molecule has 0 fully saturated rings. The molecular weight excluding hydrogens is 282 g/mol. The van der Waals surface area contributed by atoms with E-state index in [2.05, 4.69) is 25.9 Å². The molecule has 76 valence electrons. The molecule has 0 radical (unpaired) electrons. The number of halogens is 3. The van der Waals surface area contributed by atoms with E-state index in [1.807, 2.05) is 0 Å². The second kappa shape index (κ2) is 4.24. The first-order valence-corrected chi connectivity index (χ1v) is 5.26. The van der Waals surface area contributed by atoms with E-state index in [0.717, 1.165) is 0 Å². The first-order valence-electron chi connectivity index (χ1n) is 4.09. The van der Waals surface area contributed by atoms with Gasteiger partial charge in [-0.3, -0.25) is 9.97 Å². The average molecular weight is 288 g/mol. The van der Waals surface area contributed by atoms with E-state index in [0.29, 0.717) is 20.8 Å². The number of aromatic nitrogens is 2. The minimum Gasteiger partial charge on any atom is -0.261 e. The summed E-state index contributed by atoms with van der Waals surface area (Å²) in [7, 11) is 0. The van der Waals surface area contributed by atoms with Gasteiger partial charge in [0.15, 0.2) is 0 Å². The molecule has 1 heterocycles. The lowest BCUT2D eigenvalue weighted by atomic mass is 10.1. The van der Waals surface area contributed by atoms with Gasteiger partial charge in [-0.05, 0) is 28.1 Å². The Morgan fingerprint density at radius 1 is 1.27 bits per heavy atom. The smallest absolute Gasteiger partial charge is 0.146 e. The number of nitrogens with zero attached hydrogens (tertiary/aromatic N) is 2. The van der Waals surface area contributed by atoms with Crippen molar-refractivity contribution in [3.63, 3.8) is 0 Å². The van der Waals surface area contributed by atoms with Gasteiger partial charge >= 0.3 is 0 Å². The van der Waals surface area contributed by atoms with Crippen LogP contribution < -0.4 is 0 Å². The number of hydrogen-bond acceptors (Lipinski definition) is 2. The Labute approximate surface area is 99.3 Å². The fraction of sp³-hybridized carbons (Fsp3) is 0. The molecule has 2 rings (SSSR count). The Bertz CT molecular complexity index is 490. The molecule has 0 saturated carbocycles. The first-order chi connectivity index (χ1) is 7.18. The van der Waals surface area contributed by atoms with Gasteiger partial charge in [0, 0.05) is 23.0 Å². The van der Waals surface area contributed by atoms with Crippen LogP contribution in [0.4, 0.5) is 4.39 Å². The van der Waals surface area contributed by atoms with E-state index >= 15 is 0 Å². The molecule has 0 bridgehead atoms. The predicted molar refractivity (Wildman–Crippen MR) is 60.1 cm³/mol. The molecule has 0 aliphatic carbocycles. The van der Waals surface area contributed by atoms with Crippen molar-refractivity contribution in [1.82, 2.24) is 9.97 Å². The van der Waals surface area contributed by atoms with Gasteiger partial charge in [-0.15, -0.1) is 0 Å². The summed E-state index contributed by atoms with van der Waals surface area (Å²) in [6, 6.07) is 3.02. The summed E-state index contributed by atoms with van der Waals surface area (Å²) >= 11 is 8.91. The molecule has 15 heavy (non-hydrogen) atoms. The summed E-state index contributed by atoms with van der Waals surface area (Å²) in [6.07, 6.45) is 4.52. The van der Waals surface area contributed by atoms with E-state index in [-0.39, 0.29) is 5.82 Å². The third-order valence-corrected chi connectivity index (χ3v) is 2.63. The number of benzene rings is 1. The van der Waals surface area contributed by atoms with Crippen molar-refractivity contribution in [3.05, 3.63) is 46.0 Å². The summed E-state index contributed by atoms with van der Waals surface area (Å²) in [6.45, 7) is 0. The minimum absolute atomic E-state index is 0.315. The van der Waals surface area contributed by atoms with Crippen molar-refractivity contribution in [2.75, 3.05) is 0 Å². The second-order valence-corrected chi connectivity index (χ2v) is 4.13. The van der Waals surface area contributed by atoms with Crippen molar-refractivity contribution >= 4 is 27.5 Å². The van der Waals surface area contributed by atoms with Crippen LogP contribution in [0.2, 0.25) is 5.02 Å². The fourth-order valence-electron chi connectivity index (χ4n) is 1.18. The van der Waals surface area contributed by atoms with Gasteiger partial charge in [0.1, 0.15) is 5.82 Å². The Balaban J connectivity index is 2.63. The van der Waals surface area contributed by atoms with E-state index in [9.17, 15) is 4.39 Å². The molecule has 0 saturated heterocycles. The molecule has 0 amide bonds. The van der Waals surface area contributed by atoms with E-state index < -0.39 is 0 Å². The molecule has 1 aromatic carbocycles. The topological polar surface area (TPSA) is 25.8 Å². The van der Waals surface area contributed by atoms with Crippen LogP contribution in [-0.2, 0) is 0 Å². The molecule has 0 unspecified atom stereocenters. The van der Waals surface area contributed by atoms with Gasteiger partial charge in [0.25, 0.3) is 0 Å². The van der Waals surface area contributed by atoms with Crippen molar-refractivity contribution in [1.29, 1.82) is 0 Å². The van der Waals surface area contributed by atoms with Crippen LogP contribution in [0.1, 0.15) is 0 Å². The zero-order valence-corrected chi connectivity index (χ0v) is 9.76. The molecule has 0 spiro atoms. The standard InChI is InChI=1S/C10H5BrClFN2/c11-8-4-6(12)3-7(10(8)13)9-5-14-1-2-15-9/h1-5H. The summed E-state index contributed by atoms with van der Waals surface area (Å²) in [5, 5.41) is 0.448.